The standard InChI is InChI=1S/C22H26BrClN2O6/c1-3-13(10-27)26-18(19(28)25-12-7-5-11(24)6-8-12)22-9-14(23)17(32-22)15(16(22)20(26)29)21(30)31-4-2/h5-8,13-18,27H,3-4,9-10H2,1-2H3,(H,25,28)/t13-,14?,15-,16-,17-,18?,22?/m0/s1. The Morgan fingerprint density at radius 2 is 2.06 bits per heavy atom. The summed E-state index contributed by atoms with van der Waals surface area (Å²) in [5, 5.41) is 13.4. The van der Waals surface area contributed by atoms with Gasteiger partial charge in [0, 0.05) is 15.5 Å². The molecule has 174 valence electrons. The van der Waals surface area contributed by atoms with Crippen molar-refractivity contribution in [3.63, 3.8) is 0 Å². The molecule has 3 aliphatic heterocycles. The SMILES string of the molecule is CCOC(=O)[C@H]1[C@H]2C(=O)N([C@@H](CC)CO)C(C(=O)Nc3ccc(Cl)cc3)C23CC(Br)[C@@H]1O3. The number of amides is 2. The number of alkyl halides is 1. The highest BCUT2D eigenvalue weighted by Crippen LogP contribution is 2.60. The zero-order valence-corrected chi connectivity index (χ0v) is 20.1. The van der Waals surface area contributed by atoms with E-state index in [2.05, 4.69) is 21.2 Å². The molecule has 3 fully saturated rings. The molecule has 1 spiro atoms. The van der Waals surface area contributed by atoms with Gasteiger partial charge in [0.25, 0.3) is 0 Å². The summed E-state index contributed by atoms with van der Waals surface area (Å²) in [6.07, 6.45) is 0.271. The van der Waals surface area contributed by atoms with E-state index in [-0.39, 0.29) is 23.9 Å². The Labute approximate surface area is 199 Å². The number of rotatable bonds is 7. The minimum absolute atomic E-state index is 0.182. The third-order valence-electron chi connectivity index (χ3n) is 6.72. The molecule has 0 saturated carbocycles. The van der Waals surface area contributed by atoms with Crippen LogP contribution in [0.25, 0.3) is 0 Å². The van der Waals surface area contributed by atoms with Gasteiger partial charge in [-0.05, 0) is 44.0 Å². The van der Waals surface area contributed by atoms with E-state index in [0.717, 1.165) is 0 Å². The molecule has 2 bridgehead atoms. The van der Waals surface area contributed by atoms with Crippen LogP contribution in [0.5, 0.6) is 0 Å². The van der Waals surface area contributed by atoms with Crippen LogP contribution in [0.2, 0.25) is 5.02 Å². The van der Waals surface area contributed by atoms with Crippen molar-refractivity contribution in [3.05, 3.63) is 29.3 Å². The number of halogens is 2. The van der Waals surface area contributed by atoms with Crippen LogP contribution in [0.4, 0.5) is 5.69 Å². The maximum absolute atomic E-state index is 13.7. The quantitative estimate of drug-likeness (QED) is 0.415. The van der Waals surface area contributed by atoms with E-state index in [1.54, 1.807) is 31.2 Å². The Balaban J connectivity index is 1.75. The van der Waals surface area contributed by atoms with Crippen molar-refractivity contribution >= 4 is 51.0 Å². The van der Waals surface area contributed by atoms with Crippen LogP contribution in [-0.4, -0.2) is 69.6 Å². The van der Waals surface area contributed by atoms with Gasteiger partial charge in [-0.15, -0.1) is 0 Å². The Morgan fingerprint density at radius 3 is 2.66 bits per heavy atom. The monoisotopic (exact) mass is 528 g/mol. The third kappa shape index (κ3) is 3.54. The molecule has 1 aromatic rings. The molecule has 3 heterocycles. The molecular weight excluding hydrogens is 504 g/mol. The number of hydrogen-bond acceptors (Lipinski definition) is 6. The van der Waals surface area contributed by atoms with Crippen LogP contribution in [0.1, 0.15) is 26.7 Å². The molecule has 8 nitrogen and oxygen atoms in total. The average Bonchev–Trinajstić information content (AvgIpc) is 3.35. The van der Waals surface area contributed by atoms with Crippen LogP contribution < -0.4 is 5.32 Å². The minimum atomic E-state index is -1.19. The first-order valence-corrected chi connectivity index (χ1v) is 12.1. The number of esters is 1. The fourth-order valence-corrected chi connectivity index (χ4v) is 6.49. The number of nitrogens with zero attached hydrogens (tertiary/aromatic N) is 1. The lowest BCUT2D eigenvalue weighted by atomic mass is 9.70. The van der Waals surface area contributed by atoms with E-state index in [1.165, 1.54) is 4.90 Å². The predicted molar refractivity (Wildman–Crippen MR) is 120 cm³/mol. The molecule has 0 aromatic heterocycles. The Morgan fingerprint density at radius 1 is 1.38 bits per heavy atom. The maximum Gasteiger partial charge on any atom is 0.312 e. The number of aliphatic hydroxyl groups is 1. The number of aliphatic hydroxyl groups excluding tert-OH is 1. The van der Waals surface area contributed by atoms with E-state index in [9.17, 15) is 19.5 Å². The van der Waals surface area contributed by atoms with Gasteiger partial charge in [-0.3, -0.25) is 14.4 Å². The number of fused-ring (bicyclic) bond motifs is 1. The molecule has 7 atom stereocenters. The number of carbonyl (C=O) groups excluding carboxylic acids is 3. The first kappa shape index (κ1) is 23.5. The first-order valence-electron chi connectivity index (χ1n) is 10.8. The van der Waals surface area contributed by atoms with Crippen molar-refractivity contribution < 1.29 is 29.0 Å². The molecule has 10 heteroatoms. The van der Waals surface area contributed by atoms with E-state index >= 15 is 0 Å². The summed E-state index contributed by atoms with van der Waals surface area (Å²) in [5.41, 5.74) is -0.666. The Bertz CT molecular complexity index is 910. The molecular formula is C22H26BrClN2O6. The summed E-state index contributed by atoms with van der Waals surface area (Å²) in [7, 11) is 0. The number of nitrogens with one attached hydrogen (secondary N) is 1. The van der Waals surface area contributed by atoms with Gasteiger partial charge in [-0.1, -0.05) is 34.5 Å². The largest absolute Gasteiger partial charge is 0.466 e. The van der Waals surface area contributed by atoms with Crippen LogP contribution in [-0.2, 0) is 23.9 Å². The second kappa shape index (κ2) is 8.93. The molecule has 3 unspecified atom stereocenters. The van der Waals surface area contributed by atoms with Gasteiger partial charge in [0.1, 0.15) is 11.6 Å². The van der Waals surface area contributed by atoms with Crippen molar-refractivity contribution in [1.82, 2.24) is 4.90 Å². The topological polar surface area (TPSA) is 105 Å². The van der Waals surface area contributed by atoms with Gasteiger partial charge >= 0.3 is 5.97 Å². The zero-order valence-electron chi connectivity index (χ0n) is 17.8. The highest BCUT2D eigenvalue weighted by atomic mass is 79.9. The summed E-state index contributed by atoms with van der Waals surface area (Å²) in [6, 6.07) is 5.06. The van der Waals surface area contributed by atoms with E-state index in [0.29, 0.717) is 23.6 Å². The molecule has 0 aliphatic carbocycles. The number of ether oxygens (including phenoxy) is 2. The van der Waals surface area contributed by atoms with Crippen molar-refractivity contribution in [1.29, 1.82) is 0 Å². The van der Waals surface area contributed by atoms with Crippen molar-refractivity contribution in [2.45, 2.75) is 55.3 Å². The fraction of sp³-hybridized carbons (Fsp3) is 0.591. The van der Waals surface area contributed by atoms with Crippen LogP contribution >= 0.6 is 27.5 Å². The summed E-state index contributed by atoms with van der Waals surface area (Å²) in [5.74, 6) is -2.95. The molecule has 4 rings (SSSR count). The molecule has 3 aliphatic rings. The highest BCUT2D eigenvalue weighted by molar-refractivity contribution is 9.09. The minimum Gasteiger partial charge on any atom is -0.466 e. The van der Waals surface area contributed by atoms with Gasteiger partial charge in [0.15, 0.2) is 0 Å². The first-order chi connectivity index (χ1) is 15.3. The Kier molecular flexibility index (Phi) is 6.55. The van der Waals surface area contributed by atoms with Crippen molar-refractivity contribution in [2.24, 2.45) is 11.8 Å². The van der Waals surface area contributed by atoms with E-state index < -0.39 is 47.5 Å². The van der Waals surface area contributed by atoms with Gasteiger partial charge in [0.05, 0.1) is 37.2 Å². The molecule has 3 saturated heterocycles. The second-order valence-corrected chi connectivity index (χ2v) is 10.0. The van der Waals surface area contributed by atoms with Crippen molar-refractivity contribution in [2.75, 3.05) is 18.5 Å². The van der Waals surface area contributed by atoms with Crippen LogP contribution in [0, 0.1) is 11.8 Å². The Hall–Kier alpha value is -1.68. The van der Waals surface area contributed by atoms with Gasteiger partial charge in [0.2, 0.25) is 11.8 Å². The molecule has 2 amide bonds. The maximum atomic E-state index is 13.7. The van der Waals surface area contributed by atoms with Gasteiger partial charge in [-0.25, -0.2) is 0 Å². The molecule has 32 heavy (non-hydrogen) atoms. The van der Waals surface area contributed by atoms with Crippen molar-refractivity contribution in [3.8, 4) is 0 Å². The van der Waals surface area contributed by atoms with Crippen LogP contribution in [0.3, 0.4) is 0 Å². The van der Waals surface area contributed by atoms with Gasteiger partial charge in [-0.2, -0.15) is 0 Å². The summed E-state index contributed by atoms with van der Waals surface area (Å²) >= 11 is 9.54. The third-order valence-corrected chi connectivity index (χ3v) is 7.82. The molecule has 0 radical (unpaired) electrons. The number of carbonyl (C=O) groups is 3. The number of hydrogen-bond donors (Lipinski definition) is 2. The predicted octanol–water partition coefficient (Wildman–Crippen LogP) is 2.36. The number of likely N-dealkylation sites (tertiary alicyclic amines) is 1. The average molecular weight is 530 g/mol. The molecule has 1 aromatic carbocycles. The molecule has 2 N–H and O–H groups in total. The van der Waals surface area contributed by atoms with E-state index in [4.69, 9.17) is 21.1 Å². The second-order valence-electron chi connectivity index (χ2n) is 8.40. The summed E-state index contributed by atoms with van der Waals surface area (Å²) in [4.78, 5) is 41.3. The van der Waals surface area contributed by atoms with E-state index in [1.807, 2.05) is 6.92 Å². The lowest BCUT2D eigenvalue weighted by Crippen LogP contribution is -2.56. The summed E-state index contributed by atoms with van der Waals surface area (Å²) < 4.78 is 11.6. The lowest BCUT2D eigenvalue weighted by molar-refractivity contribution is -0.155. The highest BCUT2D eigenvalue weighted by Gasteiger charge is 2.77. The number of benzene rings is 1. The lowest BCUT2D eigenvalue weighted by Gasteiger charge is -2.36. The zero-order chi connectivity index (χ0) is 23.2. The van der Waals surface area contributed by atoms with Gasteiger partial charge < -0.3 is 24.8 Å². The normalized spacial score (nSPS) is 33.8. The smallest absolute Gasteiger partial charge is 0.312 e. The summed E-state index contributed by atoms with van der Waals surface area (Å²) in [6.45, 7) is 3.42. The number of anilines is 1. The van der Waals surface area contributed by atoms with Crippen LogP contribution in [0.15, 0.2) is 24.3 Å². The fourth-order valence-electron chi connectivity index (χ4n) is 5.43.